The summed E-state index contributed by atoms with van der Waals surface area (Å²) in [7, 11) is 1.47. The number of carbonyl (C=O) groups excluding carboxylic acids is 3. The first-order valence-electron chi connectivity index (χ1n) is 6.27. The molecule has 4 amide bonds. The third kappa shape index (κ3) is 2.85. The molecule has 1 aromatic heterocycles. The van der Waals surface area contributed by atoms with Gasteiger partial charge in [0.25, 0.3) is 0 Å². The number of ether oxygens (including phenoxy) is 1. The number of imide groups is 2. The number of imidazole rings is 1. The fourth-order valence-corrected chi connectivity index (χ4v) is 1.96. The van der Waals surface area contributed by atoms with Crippen molar-refractivity contribution >= 4 is 17.8 Å². The van der Waals surface area contributed by atoms with Gasteiger partial charge in [-0.25, -0.2) is 9.78 Å². The smallest absolute Gasteiger partial charge is 0.334 e. The molecular weight excluding hydrogens is 264 g/mol. The summed E-state index contributed by atoms with van der Waals surface area (Å²) >= 11 is 0. The van der Waals surface area contributed by atoms with Gasteiger partial charge in [-0.2, -0.15) is 0 Å². The molecule has 0 atom stereocenters. The van der Waals surface area contributed by atoms with Crippen molar-refractivity contribution in [3.05, 3.63) is 18.7 Å². The Balaban J connectivity index is 1.89. The van der Waals surface area contributed by atoms with Crippen LogP contribution in [0.2, 0.25) is 0 Å². The predicted octanol–water partition coefficient (Wildman–Crippen LogP) is -0.290. The zero-order valence-corrected chi connectivity index (χ0v) is 11.2. The van der Waals surface area contributed by atoms with E-state index in [9.17, 15) is 14.4 Å². The minimum Gasteiger partial charge on any atom is -0.383 e. The molecule has 0 radical (unpaired) electrons. The lowest BCUT2D eigenvalue weighted by molar-refractivity contribution is -0.143. The molecule has 2 rings (SSSR count). The normalized spacial score (nSPS) is 15.6. The first-order valence-corrected chi connectivity index (χ1v) is 6.27. The molecule has 1 aliphatic rings. The van der Waals surface area contributed by atoms with Crippen LogP contribution >= 0.6 is 0 Å². The number of amides is 4. The van der Waals surface area contributed by atoms with E-state index in [0.717, 1.165) is 9.80 Å². The van der Waals surface area contributed by atoms with Crippen molar-refractivity contribution in [3.63, 3.8) is 0 Å². The highest BCUT2D eigenvalue weighted by Gasteiger charge is 2.43. The molecule has 0 N–H and O–H groups in total. The van der Waals surface area contributed by atoms with Crippen LogP contribution in [0.5, 0.6) is 0 Å². The summed E-state index contributed by atoms with van der Waals surface area (Å²) in [6.45, 7) is 1.15. The van der Waals surface area contributed by atoms with E-state index in [1.54, 1.807) is 18.7 Å². The SMILES string of the molecule is COCCN1C(=O)C(=O)N(CCCn2ccnc2)C1=O. The number of nitrogens with zero attached hydrogens (tertiary/aromatic N) is 4. The standard InChI is InChI=1S/C12H16N4O4/c1-20-8-7-16-11(18)10(17)15(12(16)19)5-2-4-14-6-3-13-9-14/h3,6,9H,2,4-5,7-8H2,1H3. The molecule has 0 aromatic carbocycles. The van der Waals surface area contributed by atoms with Crippen molar-refractivity contribution in [1.82, 2.24) is 19.4 Å². The summed E-state index contributed by atoms with van der Waals surface area (Å²) in [5.41, 5.74) is 0. The van der Waals surface area contributed by atoms with E-state index >= 15 is 0 Å². The second-order valence-electron chi connectivity index (χ2n) is 4.34. The lowest BCUT2D eigenvalue weighted by Crippen LogP contribution is -2.36. The van der Waals surface area contributed by atoms with Gasteiger partial charge in [0.2, 0.25) is 0 Å². The zero-order valence-electron chi connectivity index (χ0n) is 11.2. The second-order valence-corrected chi connectivity index (χ2v) is 4.34. The van der Waals surface area contributed by atoms with Gasteiger partial charge in [0, 0.05) is 32.6 Å². The van der Waals surface area contributed by atoms with Crippen LogP contribution in [0.1, 0.15) is 6.42 Å². The van der Waals surface area contributed by atoms with E-state index in [4.69, 9.17) is 4.74 Å². The summed E-state index contributed by atoms with van der Waals surface area (Å²) in [5, 5.41) is 0. The molecular formula is C12H16N4O4. The van der Waals surface area contributed by atoms with Crippen LogP contribution < -0.4 is 0 Å². The maximum atomic E-state index is 12.0. The van der Waals surface area contributed by atoms with E-state index in [0.29, 0.717) is 13.0 Å². The van der Waals surface area contributed by atoms with Gasteiger partial charge in [-0.3, -0.25) is 19.4 Å². The topological polar surface area (TPSA) is 84.7 Å². The van der Waals surface area contributed by atoms with E-state index in [1.807, 2.05) is 4.57 Å². The van der Waals surface area contributed by atoms with Crippen LogP contribution in [0.15, 0.2) is 18.7 Å². The minimum atomic E-state index is -0.783. The van der Waals surface area contributed by atoms with Gasteiger partial charge in [0.1, 0.15) is 0 Å². The highest BCUT2D eigenvalue weighted by Crippen LogP contribution is 2.12. The molecule has 1 aliphatic heterocycles. The number of urea groups is 1. The fraction of sp³-hybridized carbons (Fsp3) is 0.500. The Bertz CT molecular complexity index is 500. The van der Waals surface area contributed by atoms with Gasteiger partial charge in [-0.1, -0.05) is 0 Å². The van der Waals surface area contributed by atoms with E-state index in [-0.39, 0.29) is 19.7 Å². The Hall–Kier alpha value is -2.22. The number of rotatable bonds is 7. The first kappa shape index (κ1) is 14.2. The molecule has 0 bridgehead atoms. The van der Waals surface area contributed by atoms with Crippen LogP contribution in [0, 0.1) is 0 Å². The average molecular weight is 280 g/mol. The molecule has 0 unspecified atom stereocenters. The van der Waals surface area contributed by atoms with Crippen molar-refractivity contribution in [2.45, 2.75) is 13.0 Å². The van der Waals surface area contributed by atoms with Gasteiger partial charge in [-0.15, -0.1) is 0 Å². The first-order chi connectivity index (χ1) is 9.65. The van der Waals surface area contributed by atoms with Gasteiger partial charge < -0.3 is 9.30 Å². The lowest BCUT2D eigenvalue weighted by Gasteiger charge is -2.15. The molecule has 0 aliphatic carbocycles. The van der Waals surface area contributed by atoms with E-state index < -0.39 is 17.8 Å². The molecule has 1 aromatic rings. The van der Waals surface area contributed by atoms with Crippen LogP contribution in [0.3, 0.4) is 0 Å². The minimum absolute atomic E-state index is 0.0952. The van der Waals surface area contributed by atoms with Crippen LogP contribution in [-0.4, -0.2) is 64.0 Å². The molecule has 8 heteroatoms. The van der Waals surface area contributed by atoms with E-state index in [1.165, 1.54) is 7.11 Å². The largest absolute Gasteiger partial charge is 0.383 e. The lowest BCUT2D eigenvalue weighted by atomic mass is 10.4. The van der Waals surface area contributed by atoms with Crippen molar-refractivity contribution in [1.29, 1.82) is 0 Å². The van der Waals surface area contributed by atoms with Crippen molar-refractivity contribution in [2.24, 2.45) is 0 Å². The summed E-state index contributed by atoms with van der Waals surface area (Å²) in [6.07, 6.45) is 5.68. The Morgan fingerprint density at radius 2 is 1.80 bits per heavy atom. The summed E-state index contributed by atoms with van der Waals surface area (Å²) in [4.78, 5) is 41.2. The van der Waals surface area contributed by atoms with Gasteiger partial charge in [0.05, 0.1) is 19.5 Å². The average Bonchev–Trinajstić information content (AvgIpc) is 3.01. The Morgan fingerprint density at radius 1 is 1.10 bits per heavy atom. The number of aromatic nitrogens is 2. The highest BCUT2D eigenvalue weighted by molar-refractivity contribution is 6.44. The van der Waals surface area contributed by atoms with Crippen LogP contribution in [0.25, 0.3) is 0 Å². The number of hydrogen-bond donors (Lipinski definition) is 0. The van der Waals surface area contributed by atoms with Crippen LogP contribution in [0.4, 0.5) is 4.79 Å². The second kappa shape index (κ2) is 6.29. The predicted molar refractivity (Wildman–Crippen MR) is 67.5 cm³/mol. The summed E-state index contributed by atoms with van der Waals surface area (Å²) in [5.74, 6) is -1.55. The molecule has 0 saturated carbocycles. The third-order valence-electron chi connectivity index (χ3n) is 3.01. The number of carbonyl (C=O) groups is 3. The molecule has 2 heterocycles. The van der Waals surface area contributed by atoms with Gasteiger partial charge >= 0.3 is 17.8 Å². The Kier molecular flexibility index (Phi) is 4.46. The summed E-state index contributed by atoms with van der Waals surface area (Å²) < 4.78 is 6.66. The maximum Gasteiger partial charge on any atom is 0.334 e. The number of methoxy groups -OCH3 is 1. The summed E-state index contributed by atoms with van der Waals surface area (Å²) in [6, 6.07) is -0.567. The van der Waals surface area contributed by atoms with Gasteiger partial charge in [-0.05, 0) is 6.42 Å². The Morgan fingerprint density at radius 3 is 2.40 bits per heavy atom. The molecule has 8 nitrogen and oxygen atoms in total. The highest BCUT2D eigenvalue weighted by atomic mass is 16.5. The van der Waals surface area contributed by atoms with Crippen molar-refractivity contribution < 1.29 is 19.1 Å². The number of hydrogen-bond acceptors (Lipinski definition) is 5. The van der Waals surface area contributed by atoms with Gasteiger partial charge in [0.15, 0.2) is 0 Å². The van der Waals surface area contributed by atoms with E-state index in [2.05, 4.69) is 4.98 Å². The number of aryl methyl sites for hydroxylation is 1. The fourth-order valence-electron chi connectivity index (χ4n) is 1.96. The molecule has 20 heavy (non-hydrogen) atoms. The Labute approximate surface area is 115 Å². The molecule has 1 saturated heterocycles. The van der Waals surface area contributed by atoms with Crippen molar-refractivity contribution in [2.75, 3.05) is 26.8 Å². The quantitative estimate of drug-likeness (QED) is 0.506. The molecule has 108 valence electrons. The monoisotopic (exact) mass is 280 g/mol. The molecule has 1 fully saturated rings. The molecule has 0 spiro atoms. The third-order valence-corrected chi connectivity index (χ3v) is 3.01. The van der Waals surface area contributed by atoms with Crippen molar-refractivity contribution in [3.8, 4) is 0 Å². The zero-order chi connectivity index (χ0) is 14.5. The van der Waals surface area contributed by atoms with Crippen LogP contribution in [-0.2, 0) is 20.9 Å². The maximum absolute atomic E-state index is 12.0.